The fourth-order valence-electron chi connectivity index (χ4n) is 10.5. The van der Waals surface area contributed by atoms with Crippen molar-refractivity contribution in [2.45, 2.75) is 0 Å². The maximum Gasteiger partial charge on any atom is 0.311 e. The van der Waals surface area contributed by atoms with E-state index in [0.29, 0.717) is 68.9 Å². The molecule has 0 bridgehead atoms. The zero-order chi connectivity index (χ0) is 40.9. The van der Waals surface area contributed by atoms with Crippen LogP contribution in [0.5, 0.6) is 46.5 Å². The molecule has 0 saturated heterocycles. The Bertz CT molecular complexity index is 3250. The van der Waals surface area contributed by atoms with Crippen LogP contribution in [-0.4, -0.2) is 60.0 Å². The molecule has 6 aliphatic rings. The summed E-state index contributed by atoms with van der Waals surface area (Å²) < 4.78 is 27.7. The highest BCUT2D eigenvalue weighted by atomic mass is 16.5. The lowest BCUT2D eigenvalue weighted by atomic mass is 9.30. The van der Waals surface area contributed by atoms with E-state index in [-0.39, 0.29) is 0 Å². The van der Waals surface area contributed by atoms with Crippen molar-refractivity contribution < 1.29 is 18.9 Å². The van der Waals surface area contributed by atoms with Crippen LogP contribution < -0.4 is 78.4 Å². The molecule has 0 amide bonds. The molecule has 0 N–H and O–H groups in total. The molecule has 5 aromatic carbocycles. The highest BCUT2D eigenvalue weighted by Crippen LogP contribution is 2.49. The summed E-state index contributed by atoms with van der Waals surface area (Å²) in [5.41, 5.74) is 12.5. The number of nitrogens with zero attached hydrogens (tertiary/aromatic N) is 10. The van der Waals surface area contributed by atoms with Gasteiger partial charge in [-0.15, -0.1) is 0 Å². The molecule has 63 heavy (non-hydrogen) atoms. The smallest absolute Gasteiger partial charge is 0.311 e. The summed E-state index contributed by atoms with van der Waals surface area (Å²) >= 11 is 0. The van der Waals surface area contributed by atoms with Gasteiger partial charge in [-0.1, -0.05) is 42.5 Å². The molecule has 6 aliphatic heterocycles. The number of benzene rings is 5. The van der Waals surface area contributed by atoms with E-state index in [1.54, 1.807) is 49.6 Å². The van der Waals surface area contributed by atoms with Crippen LogP contribution in [0.25, 0.3) is 0 Å². The average molecular weight is 812 g/mol. The van der Waals surface area contributed by atoms with Crippen molar-refractivity contribution in [2.24, 2.45) is 0 Å². The van der Waals surface area contributed by atoms with Gasteiger partial charge in [-0.2, -0.15) is 0 Å². The van der Waals surface area contributed by atoms with Crippen LogP contribution in [0.3, 0.4) is 0 Å². The number of para-hydroxylation sites is 2. The highest BCUT2D eigenvalue weighted by molar-refractivity contribution is 7.04. The topological polar surface area (TPSA) is 147 Å². The Morgan fingerprint density at radius 3 is 1.13 bits per heavy atom. The van der Waals surface area contributed by atoms with Crippen molar-refractivity contribution in [1.82, 2.24) is 39.9 Å². The molecule has 14 nitrogen and oxygen atoms in total. The largest absolute Gasteiger partial charge is 0.439 e. The maximum absolute atomic E-state index is 7.14. The average Bonchev–Trinajstić information content (AvgIpc) is 3.34. The first-order valence-electron chi connectivity index (χ1n) is 20.5. The van der Waals surface area contributed by atoms with Crippen LogP contribution in [0.1, 0.15) is 0 Å². The maximum atomic E-state index is 7.14. The number of rotatable bonds is 2. The summed E-state index contributed by atoms with van der Waals surface area (Å²) in [4.78, 5) is 42.8. The summed E-state index contributed by atoms with van der Waals surface area (Å²) in [5, 5.41) is 0. The third-order valence-corrected chi connectivity index (χ3v) is 12.8. The normalized spacial score (nSPS) is 14.4. The molecule has 0 fully saturated rings. The minimum Gasteiger partial charge on any atom is -0.439 e. The standard InChI is InChI=1S/C46H23B3N10O4/c1-3-8-24(9-4-1)58-26-12-7-13-27-32(26)47(33-28(58)22-30-35-37(33)62-45-41(52-16-20-56-45)48(35)39-43(60-30)54-18-14-50-39)34-29(59(27)25-10-5-2-6-11-25)23-31-36-38(34)63-46-42(53-17-21-57-46)49(36)40-44(61-31)55-19-15-51-40/h1-23H. The fourth-order valence-corrected chi connectivity index (χ4v) is 10.5. The van der Waals surface area contributed by atoms with E-state index in [1.165, 1.54) is 0 Å². The van der Waals surface area contributed by atoms with Gasteiger partial charge >= 0.3 is 13.4 Å². The monoisotopic (exact) mass is 812 g/mol. The molecule has 0 unspecified atom stereocenters. The summed E-state index contributed by atoms with van der Waals surface area (Å²) in [6, 6.07) is 31.4. The van der Waals surface area contributed by atoms with Crippen molar-refractivity contribution in [2.75, 3.05) is 9.80 Å². The Morgan fingerprint density at radius 1 is 0.333 bits per heavy atom. The van der Waals surface area contributed by atoms with E-state index >= 15 is 0 Å². The molecule has 15 rings (SSSR count). The fraction of sp³-hybridized carbons (Fsp3) is 0. The predicted molar refractivity (Wildman–Crippen MR) is 238 cm³/mol. The van der Waals surface area contributed by atoms with Gasteiger partial charge in [0.05, 0.1) is 22.4 Å². The van der Waals surface area contributed by atoms with Gasteiger partial charge in [-0.25, -0.2) is 19.9 Å². The summed E-state index contributed by atoms with van der Waals surface area (Å²) in [6.45, 7) is -1.45. The van der Waals surface area contributed by atoms with E-state index in [2.05, 4.69) is 98.6 Å². The Kier molecular flexibility index (Phi) is 6.34. The first-order chi connectivity index (χ1) is 31.3. The van der Waals surface area contributed by atoms with Crippen molar-refractivity contribution in [3.63, 3.8) is 0 Å². The quantitative estimate of drug-likeness (QED) is 0.236. The second kappa shape index (κ2) is 12.0. The van der Waals surface area contributed by atoms with Crippen LogP contribution in [-0.2, 0) is 0 Å². The second-order valence-electron chi connectivity index (χ2n) is 15.8. The van der Waals surface area contributed by atoms with E-state index in [0.717, 1.165) is 61.4 Å². The molecule has 0 saturated carbocycles. The van der Waals surface area contributed by atoms with Gasteiger partial charge in [0.15, 0.2) is 0 Å². The molecule has 9 aromatic rings. The molecule has 0 atom stereocenters. The van der Waals surface area contributed by atoms with Gasteiger partial charge in [-0.3, -0.25) is 19.9 Å². The van der Waals surface area contributed by atoms with E-state index in [9.17, 15) is 0 Å². The van der Waals surface area contributed by atoms with Gasteiger partial charge < -0.3 is 28.7 Å². The number of hydrogen-bond donors (Lipinski definition) is 0. The number of fused-ring (bicyclic) bond motifs is 14. The molecule has 0 radical (unpaired) electrons. The van der Waals surface area contributed by atoms with Crippen LogP contribution in [0, 0.1) is 0 Å². The molecule has 290 valence electrons. The highest BCUT2D eigenvalue weighted by Gasteiger charge is 2.54. The van der Waals surface area contributed by atoms with Crippen LogP contribution in [0.4, 0.5) is 34.1 Å². The molecular weight excluding hydrogens is 789 g/mol. The summed E-state index contributed by atoms with van der Waals surface area (Å²) in [5.74, 6) is 3.98. The van der Waals surface area contributed by atoms with Crippen molar-refractivity contribution >= 4 is 104 Å². The van der Waals surface area contributed by atoms with Gasteiger partial charge in [0.2, 0.25) is 23.5 Å². The zero-order valence-corrected chi connectivity index (χ0v) is 32.6. The Balaban J connectivity index is 1.11. The minimum atomic E-state index is -0.494. The van der Waals surface area contributed by atoms with Gasteiger partial charge in [-0.05, 0) is 52.8 Å². The summed E-state index contributed by atoms with van der Waals surface area (Å²) in [6.07, 6.45) is 13.3. The van der Waals surface area contributed by atoms with Crippen LogP contribution >= 0.6 is 0 Å². The second-order valence-corrected chi connectivity index (χ2v) is 15.8. The molecule has 10 heterocycles. The van der Waals surface area contributed by atoms with E-state index in [1.807, 2.05) is 12.1 Å². The molecule has 0 spiro atoms. The number of aromatic nitrogens is 8. The van der Waals surface area contributed by atoms with Crippen molar-refractivity contribution in [3.05, 3.63) is 141 Å². The van der Waals surface area contributed by atoms with Crippen molar-refractivity contribution in [3.8, 4) is 46.5 Å². The molecule has 17 heteroatoms. The Labute approximate surface area is 358 Å². The predicted octanol–water partition coefficient (Wildman–Crippen LogP) is 2.38. The Hall–Kier alpha value is -8.59. The first-order valence-corrected chi connectivity index (χ1v) is 20.5. The lowest BCUT2D eigenvalue weighted by Crippen LogP contribution is -2.67. The van der Waals surface area contributed by atoms with Crippen molar-refractivity contribution in [1.29, 1.82) is 0 Å². The first kappa shape index (κ1) is 33.2. The van der Waals surface area contributed by atoms with Gasteiger partial charge in [0, 0.05) is 107 Å². The van der Waals surface area contributed by atoms with E-state index in [4.69, 9.17) is 48.9 Å². The van der Waals surface area contributed by atoms with Crippen LogP contribution in [0.15, 0.2) is 141 Å². The molecule has 4 aromatic heterocycles. The lowest BCUT2D eigenvalue weighted by molar-refractivity contribution is 0.445. The van der Waals surface area contributed by atoms with Crippen LogP contribution in [0.2, 0.25) is 0 Å². The third kappa shape index (κ3) is 4.29. The number of ether oxygens (including phenoxy) is 4. The van der Waals surface area contributed by atoms with E-state index < -0.39 is 20.1 Å². The number of hydrogen-bond acceptors (Lipinski definition) is 14. The Morgan fingerprint density at radius 2 is 0.714 bits per heavy atom. The minimum absolute atomic E-state index is 0.385. The molecular formula is C46H23B3N10O4. The SMILES string of the molecule is c1ccc(N2c3cccc4c3B(c3c2cc2c5c3Oc3nccnc3B5c3nccnc3O2)c2c(cc3c5c2Oc2nccnc2B5c2nccnc2O3)N4c2ccccc2)cc1. The third-order valence-electron chi connectivity index (χ3n) is 12.8. The lowest BCUT2D eigenvalue weighted by Gasteiger charge is -2.46. The number of anilines is 6. The van der Waals surface area contributed by atoms with Gasteiger partial charge in [0.1, 0.15) is 23.0 Å². The van der Waals surface area contributed by atoms with Gasteiger partial charge in [0.25, 0.3) is 6.71 Å². The summed E-state index contributed by atoms with van der Waals surface area (Å²) in [7, 11) is 0. The zero-order valence-electron chi connectivity index (χ0n) is 32.6. The molecule has 0 aliphatic carbocycles.